The zero-order valence-corrected chi connectivity index (χ0v) is 16.4. The second-order valence-corrected chi connectivity index (χ2v) is 8.58. The summed E-state index contributed by atoms with van der Waals surface area (Å²) in [4.78, 5) is 12.4. The first-order valence-corrected chi connectivity index (χ1v) is 10.1. The summed E-state index contributed by atoms with van der Waals surface area (Å²) in [6, 6.07) is 7.30. The van der Waals surface area contributed by atoms with Gasteiger partial charge in [-0.05, 0) is 64.4 Å². The maximum Gasteiger partial charge on any atom is 0.139 e. The minimum Gasteiger partial charge on any atom is -0.389 e. The molecule has 0 spiro atoms. The second kappa shape index (κ2) is 7.10. The highest BCUT2D eigenvalue weighted by Gasteiger charge is 2.23. The topological polar surface area (TPSA) is 61.3 Å². The number of hydrogen-bond donors (Lipinski definition) is 2. The number of aliphatic hydroxyl groups excluding tert-OH is 1. The van der Waals surface area contributed by atoms with Crippen LogP contribution in [0.15, 0.2) is 24.5 Å². The van der Waals surface area contributed by atoms with E-state index in [0.29, 0.717) is 12.1 Å². The lowest BCUT2D eigenvalue weighted by Gasteiger charge is -2.33. The maximum atomic E-state index is 9.95. The monoisotopic (exact) mass is 370 g/mol. The minimum absolute atomic E-state index is 0.458. The molecule has 26 heavy (non-hydrogen) atoms. The molecule has 1 aliphatic rings. The van der Waals surface area contributed by atoms with Gasteiger partial charge in [0.15, 0.2) is 0 Å². The molecule has 3 aromatic rings. The molecule has 0 bridgehead atoms. The lowest BCUT2D eigenvalue weighted by Crippen LogP contribution is -2.36. The van der Waals surface area contributed by atoms with Crippen molar-refractivity contribution in [2.45, 2.75) is 50.8 Å². The van der Waals surface area contributed by atoms with Crippen molar-refractivity contribution in [2.24, 2.45) is 0 Å². The van der Waals surface area contributed by atoms with Gasteiger partial charge < -0.3 is 15.3 Å². The Balaban J connectivity index is 1.67. The van der Waals surface area contributed by atoms with Gasteiger partial charge >= 0.3 is 0 Å². The zero-order chi connectivity index (χ0) is 18.3. The Hall–Kier alpha value is -1.76. The number of nitrogens with one attached hydrogen (secondary N) is 1. The number of anilines is 1. The van der Waals surface area contributed by atoms with Crippen molar-refractivity contribution in [2.75, 3.05) is 19.4 Å². The molecule has 0 radical (unpaired) electrons. The van der Waals surface area contributed by atoms with Crippen molar-refractivity contribution < 1.29 is 5.11 Å². The van der Waals surface area contributed by atoms with Gasteiger partial charge in [-0.15, -0.1) is 11.3 Å². The fourth-order valence-electron chi connectivity index (χ4n) is 3.92. The first-order valence-electron chi connectivity index (χ1n) is 9.31. The normalized spacial score (nSPS) is 22.2. The van der Waals surface area contributed by atoms with Crippen LogP contribution >= 0.6 is 11.3 Å². The molecule has 1 saturated carbocycles. The van der Waals surface area contributed by atoms with Crippen LogP contribution in [0.4, 0.5) is 5.82 Å². The summed E-state index contributed by atoms with van der Waals surface area (Å²) in [5, 5.41) is 15.9. The van der Waals surface area contributed by atoms with E-state index in [1.165, 1.54) is 17.5 Å². The number of aromatic nitrogens is 2. The molecule has 2 aromatic heterocycles. The predicted octanol–water partition coefficient (Wildman–Crippen LogP) is 4.18. The number of nitrogens with zero attached hydrogens (tertiary/aromatic N) is 3. The summed E-state index contributed by atoms with van der Waals surface area (Å²) in [6.45, 7) is 1.80. The molecule has 2 heterocycles. The lowest BCUT2D eigenvalue weighted by atomic mass is 9.90. The van der Waals surface area contributed by atoms with E-state index in [2.05, 4.69) is 46.4 Å². The number of hydrogen-bond acceptors (Lipinski definition) is 6. The van der Waals surface area contributed by atoms with Crippen molar-refractivity contribution in [3.63, 3.8) is 0 Å². The first kappa shape index (κ1) is 17.6. The van der Waals surface area contributed by atoms with Crippen LogP contribution < -0.4 is 5.32 Å². The van der Waals surface area contributed by atoms with Crippen LogP contribution in [0.25, 0.3) is 20.3 Å². The maximum absolute atomic E-state index is 9.95. The Bertz CT molecular complexity index is 913. The Labute approximate surface area is 158 Å². The highest BCUT2D eigenvalue weighted by atomic mass is 32.1. The molecule has 1 aliphatic carbocycles. The van der Waals surface area contributed by atoms with Gasteiger partial charge in [0.2, 0.25) is 0 Å². The third-order valence-electron chi connectivity index (χ3n) is 5.54. The molecule has 0 amide bonds. The van der Waals surface area contributed by atoms with E-state index in [0.717, 1.165) is 39.8 Å². The van der Waals surface area contributed by atoms with Crippen LogP contribution in [0.5, 0.6) is 0 Å². The summed E-state index contributed by atoms with van der Waals surface area (Å²) in [6.07, 6.45) is 5.94. The van der Waals surface area contributed by atoms with Crippen molar-refractivity contribution >= 4 is 37.5 Å². The minimum atomic E-state index is -0.475. The van der Waals surface area contributed by atoms with Crippen LogP contribution in [0.1, 0.15) is 44.3 Å². The average Bonchev–Trinajstić information content (AvgIpc) is 3.00. The Morgan fingerprint density at radius 1 is 1.19 bits per heavy atom. The van der Waals surface area contributed by atoms with Crippen molar-refractivity contribution in [3.05, 3.63) is 30.1 Å². The fourth-order valence-corrected chi connectivity index (χ4v) is 4.95. The SMILES string of the molecule is C[C@@H](O)c1ccc2sc3ncnc(NC4CCC(N(C)C)CC4)c3c2c1. The van der Waals surface area contributed by atoms with Crippen LogP contribution in [0, 0.1) is 0 Å². The standard InChI is InChI=1S/C20H26N4OS/c1-12(25)13-4-9-17-16(10-13)18-19(21-11-22-20(18)26-17)23-14-5-7-15(8-6-14)24(2)3/h4,9-12,14-15,25H,5-8H2,1-3H3,(H,21,22,23)/t12-,14?,15?/m1/s1. The average molecular weight is 371 g/mol. The Morgan fingerprint density at radius 2 is 1.96 bits per heavy atom. The predicted molar refractivity (Wildman–Crippen MR) is 109 cm³/mol. The van der Waals surface area contributed by atoms with E-state index >= 15 is 0 Å². The number of aliphatic hydroxyl groups is 1. The molecule has 0 aliphatic heterocycles. The molecule has 0 saturated heterocycles. The summed E-state index contributed by atoms with van der Waals surface area (Å²) in [5.41, 5.74) is 0.929. The zero-order valence-electron chi connectivity index (χ0n) is 15.6. The first-order chi connectivity index (χ1) is 12.5. The van der Waals surface area contributed by atoms with E-state index in [4.69, 9.17) is 0 Å². The molecule has 4 rings (SSSR count). The fraction of sp³-hybridized carbons (Fsp3) is 0.500. The molecule has 1 aromatic carbocycles. The van der Waals surface area contributed by atoms with Crippen molar-refractivity contribution in [1.29, 1.82) is 0 Å². The van der Waals surface area contributed by atoms with Gasteiger partial charge in [0.05, 0.1) is 11.5 Å². The van der Waals surface area contributed by atoms with E-state index in [-0.39, 0.29) is 0 Å². The second-order valence-electron chi connectivity index (χ2n) is 7.55. The number of thiophene rings is 1. The van der Waals surface area contributed by atoms with Gasteiger partial charge in [-0.2, -0.15) is 0 Å². The van der Waals surface area contributed by atoms with E-state index in [1.807, 2.05) is 6.07 Å². The number of benzene rings is 1. The van der Waals surface area contributed by atoms with Gasteiger partial charge in [0.25, 0.3) is 0 Å². The molecule has 1 fully saturated rings. The van der Waals surface area contributed by atoms with Crippen LogP contribution in [-0.4, -0.2) is 46.2 Å². The van der Waals surface area contributed by atoms with Gasteiger partial charge in [0.1, 0.15) is 17.0 Å². The molecule has 2 N–H and O–H groups in total. The molecule has 1 atom stereocenters. The molecular weight excluding hydrogens is 344 g/mol. The van der Waals surface area contributed by atoms with Crippen molar-refractivity contribution in [3.8, 4) is 0 Å². The number of fused-ring (bicyclic) bond motifs is 3. The Kier molecular flexibility index (Phi) is 4.82. The molecule has 138 valence electrons. The molecular formula is C20H26N4OS. The quantitative estimate of drug-likeness (QED) is 0.721. The van der Waals surface area contributed by atoms with Gasteiger partial charge in [0, 0.05) is 22.2 Å². The summed E-state index contributed by atoms with van der Waals surface area (Å²) in [5.74, 6) is 0.928. The smallest absolute Gasteiger partial charge is 0.139 e. The highest BCUT2D eigenvalue weighted by Crippen LogP contribution is 2.38. The van der Waals surface area contributed by atoms with E-state index < -0.39 is 6.10 Å². The van der Waals surface area contributed by atoms with Crippen LogP contribution in [-0.2, 0) is 0 Å². The third kappa shape index (κ3) is 3.29. The Morgan fingerprint density at radius 3 is 2.65 bits per heavy atom. The lowest BCUT2D eigenvalue weighted by molar-refractivity contribution is 0.199. The summed E-state index contributed by atoms with van der Waals surface area (Å²) >= 11 is 1.68. The van der Waals surface area contributed by atoms with Crippen LogP contribution in [0.2, 0.25) is 0 Å². The number of rotatable bonds is 4. The van der Waals surface area contributed by atoms with Gasteiger partial charge in [-0.1, -0.05) is 6.07 Å². The summed E-state index contributed by atoms with van der Waals surface area (Å²) < 4.78 is 1.18. The molecule has 0 unspecified atom stereocenters. The summed E-state index contributed by atoms with van der Waals surface area (Å²) in [7, 11) is 4.34. The van der Waals surface area contributed by atoms with Gasteiger partial charge in [-0.25, -0.2) is 9.97 Å². The molecule has 6 heteroatoms. The van der Waals surface area contributed by atoms with E-state index in [9.17, 15) is 5.11 Å². The van der Waals surface area contributed by atoms with E-state index in [1.54, 1.807) is 24.6 Å². The van der Waals surface area contributed by atoms with Gasteiger partial charge in [-0.3, -0.25) is 0 Å². The third-order valence-corrected chi connectivity index (χ3v) is 6.62. The van der Waals surface area contributed by atoms with Crippen molar-refractivity contribution in [1.82, 2.24) is 14.9 Å². The van der Waals surface area contributed by atoms with Crippen LogP contribution in [0.3, 0.4) is 0 Å². The largest absolute Gasteiger partial charge is 0.389 e. The highest BCUT2D eigenvalue weighted by molar-refractivity contribution is 7.25. The molecule has 5 nitrogen and oxygen atoms in total.